The van der Waals surface area contributed by atoms with Gasteiger partial charge in [-0.2, -0.15) is 0 Å². The van der Waals surface area contributed by atoms with Crippen LogP contribution in [-0.2, 0) is 17.6 Å². The van der Waals surface area contributed by atoms with Gasteiger partial charge in [-0.25, -0.2) is 4.79 Å². The van der Waals surface area contributed by atoms with Gasteiger partial charge in [0.2, 0.25) is 11.0 Å². The largest absolute Gasteiger partial charge is 0.402 e. The zero-order valence-electron chi connectivity index (χ0n) is 17.6. The van der Waals surface area contributed by atoms with E-state index in [2.05, 4.69) is 26.1 Å². The second-order valence-corrected chi connectivity index (χ2v) is 7.83. The van der Waals surface area contributed by atoms with Gasteiger partial charge < -0.3 is 22.1 Å². The van der Waals surface area contributed by atoms with Crippen LogP contribution in [0.2, 0.25) is 0 Å². The Morgan fingerprint density at radius 1 is 1.10 bits per heavy atom. The maximum Gasteiger partial charge on any atom is 0.321 e. The molecule has 0 bridgehead atoms. The summed E-state index contributed by atoms with van der Waals surface area (Å²) in [5, 5.41) is 17.3. The van der Waals surface area contributed by atoms with Gasteiger partial charge in [-0.3, -0.25) is 10.1 Å². The minimum absolute atomic E-state index is 0.176. The first-order chi connectivity index (χ1) is 15.0. The normalized spacial score (nSPS) is 11.8. The van der Waals surface area contributed by atoms with Crippen LogP contribution >= 0.6 is 11.3 Å². The van der Waals surface area contributed by atoms with Gasteiger partial charge in [-0.1, -0.05) is 41.7 Å². The molecule has 1 heterocycles. The summed E-state index contributed by atoms with van der Waals surface area (Å²) in [6, 6.07) is 9.17. The number of anilines is 1. The number of allylic oxidation sites excluding steroid dienone is 3. The van der Waals surface area contributed by atoms with Gasteiger partial charge in [-0.05, 0) is 43.9 Å². The van der Waals surface area contributed by atoms with Crippen LogP contribution in [0.25, 0.3) is 0 Å². The summed E-state index contributed by atoms with van der Waals surface area (Å²) in [4.78, 5) is 23.5. The molecule has 0 saturated heterocycles. The maximum absolute atomic E-state index is 12.0. The first kappa shape index (κ1) is 23.9. The number of amides is 3. The first-order valence-electron chi connectivity index (χ1n) is 10.1. The van der Waals surface area contributed by atoms with E-state index >= 15 is 0 Å². The van der Waals surface area contributed by atoms with E-state index in [0.717, 1.165) is 29.8 Å². The number of aromatic nitrogens is 2. The van der Waals surface area contributed by atoms with Crippen molar-refractivity contribution in [2.24, 2.45) is 11.5 Å². The molecule has 0 aliphatic rings. The molecule has 7 N–H and O–H groups in total. The quantitative estimate of drug-likeness (QED) is 0.266. The van der Waals surface area contributed by atoms with Crippen LogP contribution in [0.5, 0.6) is 0 Å². The van der Waals surface area contributed by atoms with Crippen LogP contribution in [0.3, 0.4) is 0 Å². The molecule has 0 fully saturated rings. The highest BCUT2D eigenvalue weighted by Crippen LogP contribution is 2.17. The second kappa shape index (κ2) is 13.0. The van der Waals surface area contributed by atoms with Crippen LogP contribution in [0.4, 0.5) is 9.93 Å². The van der Waals surface area contributed by atoms with E-state index in [4.69, 9.17) is 11.5 Å². The Hall–Kier alpha value is -3.40. The number of carbonyl (C=O) groups is 2. The van der Waals surface area contributed by atoms with Gasteiger partial charge in [0.05, 0.1) is 6.42 Å². The molecule has 0 spiro atoms. The molecule has 0 radical (unpaired) electrons. The van der Waals surface area contributed by atoms with Gasteiger partial charge in [0.1, 0.15) is 10.8 Å². The minimum Gasteiger partial charge on any atom is -0.402 e. The number of carbonyl (C=O) groups excluding carboxylic acids is 2. The average Bonchev–Trinajstić information content (AvgIpc) is 3.17. The van der Waals surface area contributed by atoms with Crippen molar-refractivity contribution in [1.29, 1.82) is 0 Å². The summed E-state index contributed by atoms with van der Waals surface area (Å²) in [6.07, 6.45) is 6.78. The molecule has 166 valence electrons. The van der Waals surface area contributed by atoms with Crippen molar-refractivity contribution in [1.82, 2.24) is 20.8 Å². The third-order valence-corrected chi connectivity index (χ3v) is 5.00. The Morgan fingerprint density at radius 2 is 1.87 bits per heavy atom. The fourth-order valence-corrected chi connectivity index (χ4v) is 3.40. The summed E-state index contributed by atoms with van der Waals surface area (Å²) >= 11 is 1.36. The summed E-state index contributed by atoms with van der Waals surface area (Å²) < 4.78 is 0. The highest BCUT2D eigenvalue weighted by molar-refractivity contribution is 7.15. The standard InChI is InChI=1S/C21H29N7O2S/c1-2-24-20(30)26-21-28-27-19(31-21)11-7-6-10-16(22)12-13-17(23)25-18(29)14-15-8-4-3-5-9-15/h3-5,8-9,12-13H,2,6-7,10-11,14,22-23H2,1H3,(H,25,29)(H2,24,26,28,30)/b16-12-,17-13+. The summed E-state index contributed by atoms with van der Waals surface area (Å²) in [6.45, 7) is 2.39. The first-order valence-corrected chi connectivity index (χ1v) is 10.9. The van der Waals surface area contributed by atoms with Crippen molar-refractivity contribution in [3.63, 3.8) is 0 Å². The van der Waals surface area contributed by atoms with Crippen molar-refractivity contribution in [2.75, 3.05) is 11.9 Å². The Balaban J connectivity index is 1.67. The molecule has 1 aromatic heterocycles. The van der Waals surface area contributed by atoms with Crippen LogP contribution in [0, 0.1) is 0 Å². The predicted octanol–water partition coefficient (Wildman–Crippen LogP) is 2.39. The lowest BCUT2D eigenvalue weighted by Crippen LogP contribution is -2.28. The van der Waals surface area contributed by atoms with E-state index in [1.165, 1.54) is 11.3 Å². The second-order valence-electron chi connectivity index (χ2n) is 6.77. The van der Waals surface area contributed by atoms with Gasteiger partial charge in [0.25, 0.3) is 0 Å². The van der Waals surface area contributed by atoms with E-state index in [1.54, 1.807) is 12.2 Å². The maximum atomic E-state index is 12.0. The number of hydrogen-bond acceptors (Lipinski definition) is 7. The lowest BCUT2D eigenvalue weighted by Gasteiger charge is -2.05. The Labute approximate surface area is 186 Å². The van der Waals surface area contributed by atoms with Crippen molar-refractivity contribution >= 4 is 28.4 Å². The van der Waals surface area contributed by atoms with E-state index < -0.39 is 0 Å². The SMILES string of the molecule is CCNC(=O)Nc1nnc(CCCC/C(N)=C/C=C(\N)NC(=O)Cc2ccccc2)s1. The molecule has 9 nitrogen and oxygen atoms in total. The lowest BCUT2D eigenvalue weighted by molar-refractivity contribution is -0.119. The van der Waals surface area contributed by atoms with Gasteiger partial charge in [-0.15, -0.1) is 10.2 Å². The highest BCUT2D eigenvalue weighted by atomic mass is 32.1. The summed E-state index contributed by atoms with van der Waals surface area (Å²) in [5.74, 6) is 0.0786. The monoisotopic (exact) mass is 443 g/mol. The van der Waals surface area contributed by atoms with Crippen LogP contribution in [0.1, 0.15) is 36.8 Å². The molecule has 31 heavy (non-hydrogen) atoms. The Bertz CT molecular complexity index is 909. The van der Waals surface area contributed by atoms with Crippen LogP contribution in [0.15, 0.2) is 54.0 Å². The molecular weight excluding hydrogens is 414 g/mol. The van der Waals surface area contributed by atoms with E-state index in [9.17, 15) is 9.59 Å². The Kier molecular flexibility index (Phi) is 10.0. The van der Waals surface area contributed by atoms with Crippen LogP contribution in [-0.4, -0.2) is 28.7 Å². The topological polar surface area (TPSA) is 148 Å². The Morgan fingerprint density at radius 3 is 2.61 bits per heavy atom. The number of urea groups is 1. The minimum atomic E-state index is -0.285. The number of benzene rings is 1. The molecule has 0 aliphatic carbocycles. The van der Waals surface area contributed by atoms with Gasteiger partial charge >= 0.3 is 6.03 Å². The molecule has 10 heteroatoms. The molecule has 0 unspecified atom stereocenters. The fraction of sp³-hybridized carbons (Fsp3) is 0.333. The predicted molar refractivity (Wildman–Crippen MR) is 123 cm³/mol. The van der Waals surface area contributed by atoms with Crippen molar-refractivity contribution in [2.45, 2.75) is 39.0 Å². The smallest absolute Gasteiger partial charge is 0.321 e. The number of nitrogens with two attached hydrogens (primary N) is 2. The molecule has 2 rings (SSSR count). The third-order valence-electron chi connectivity index (χ3n) is 4.10. The summed E-state index contributed by atoms with van der Waals surface area (Å²) in [5.41, 5.74) is 13.5. The molecule has 0 saturated carbocycles. The van der Waals surface area contributed by atoms with Gasteiger partial charge in [0.15, 0.2) is 0 Å². The molecular formula is C21H29N7O2S. The van der Waals surface area contributed by atoms with Crippen molar-refractivity contribution in [3.8, 4) is 0 Å². The van der Waals surface area contributed by atoms with E-state index in [1.807, 2.05) is 37.3 Å². The molecule has 0 atom stereocenters. The molecule has 0 aliphatic heterocycles. The van der Waals surface area contributed by atoms with Crippen LogP contribution < -0.4 is 27.4 Å². The number of nitrogens with one attached hydrogen (secondary N) is 3. The third kappa shape index (κ3) is 9.77. The van der Waals surface area contributed by atoms with E-state index in [0.29, 0.717) is 23.8 Å². The number of aryl methyl sites for hydroxylation is 1. The highest BCUT2D eigenvalue weighted by Gasteiger charge is 2.07. The van der Waals surface area contributed by atoms with Gasteiger partial charge in [0, 0.05) is 18.7 Å². The summed E-state index contributed by atoms with van der Waals surface area (Å²) in [7, 11) is 0. The number of hydrogen-bond donors (Lipinski definition) is 5. The molecule has 2 aromatic rings. The zero-order chi connectivity index (χ0) is 22.5. The molecule has 1 aromatic carbocycles. The zero-order valence-corrected chi connectivity index (χ0v) is 18.4. The van der Waals surface area contributed by atoms with Crippen molar-refractivity contribution in [3.05, 3.63) is 64.6 Å². The number of unbranched alkanes of at least 4 members (excludes halogenated alkanes) is 1. The fourth-order valence-electron chi connectivity index (χ4n) is 2.62. The average molecular weight is 444 g/mol. The number of nitrogens with zero attached hydrogens (tertiary/aromatic N) is 2. The number of rotatable bonds is 11. The van der Waals surface area contributed by atoms with E-state index in [-0.39, 0.29) is 24.2 Å². The van der Waals surface area contributed by atoms with Crippen molar-refractivity contribution < 1.29 is 9.59 Å². The molecule has 3 amide bonds. The lowest BCUT2D eigenvalue weighted by atomic mass is 10.1.